The molecular weight excluding hydrogens is 314 g/mol. The molecule has 0 aliphatic heterocycles. The van der Waals surface area contributed by atoms with Crippen LogP contribution in [0.15, 0.2) is 18.3 Å². The SMILES string of the molecule is CCOc1cc(C)c(CN(CCO)Cc2cnc(C)[nH]2)cc1C(C)C. The molecule has 0 atom stereocenters. The first-order valence-corrected chi connectivity index (χ1v) is 9.04. The van der Waals surface area contributed by atoms with Crippen molar-refractivity contribution >= 4 is 0 Å². The third-order valence-corrected chi connectivity index (χ3v) is 4.35. The highest BCUT2D eigenvalue weighted by molar-refractivity contribution is 5.44. The molecule has 1 heterocycles. The van der Waals surface area contributed by atoms with Gasteiger partial charge in [-0.25, -0.2) is 4.98 Å². The van der Waals surface area contributed by atoms with Crippen LogP contribution in [-0.4, -0.2) is 39.7 Å². The number of benzene rings is 1. The molecule has 0 fully saturated rings. The number of rotatable bonds is 9. The van der Waals surface area contributed by atoms with E-state index in [0.29, 0.717) is 19.1 Å². The highest BCUT2D eigenvalue weighted by atomic mass is 16.5. The highest BCUT2D eigenvalue weighted by Gasteiger charge is 2.15. The fourth-order valence-corrected chi connectivity index (χ4v) is 3.04. The predicted molar refractivity (Wildman–Crippen MR) is 101 cm³/mol. The summed E-state index contributed by atoms with van der Waals surface area (Å²) in [5.41, 5.74) is 4.80. The summed E-state index contributed by atoms with van der Waals surface area (Å²) < 4.78 is 5.82. The van der Waals surface area contributed by atoms with Crippen LogP contribution in [0.3, 0.4) is 0 Å². The first-order chi connectivity index (χ1) is 11.9. The van der Waals surface area contributed by atoms with Gasteiger partial charge in [0.25, 0.3) is 0 Å². The van der Waals surface area contributed by atoms with Gasteiger partial charge in [0.15, 0.2) is 0 Å². The summed E-state index contributed by atoms with van der Waals surface area (Å²) in [5, 5.41) is 9.44. The molecule has 0 saturated carbocycles. The second kappa shape index (κ2) is 9.02. The average molecular weight is 345 g/mol. The lowest BCUT2D eigenvalue weighted by Gasteiger charge is -2.23. The zero-order chi connectivity index (χ0) is 18.4. The summed E-state index contributed by atoms with van der Waals surface area (Å²) in [6.07, 6.45) is 1.87. The van der Waals surface area contributed by atoms with Crippen molar-refractivity contribution in [3.05, 3.63) is 46.5 Å². The average Bonchev–Trinajstić information content (AvgIpc) is 2.95. The van der Waals surface area contributed by atoms with Crippen LogP contribution in [0.4, 0.5) is 0 Å². The number of aromatic nitrogens is 2. The van der Waals surface area contributed by atoms with E-state index in [0.717, 1.165) is 30.4 Å². The van der Waals surface area contributed by atoms with Gasteiger partial charge in [-0.1, -0.05) is 19.9 Å². The van der Waals surface area contributed by atoms with Crippen molar-refractivity contribution in [3.8, 4) is 5.75 Å². The zero-order valence-corrected chi connectivity index (χ0v) is 16.1. The Labute approximate surface area is 151 Å². The van der Waals surface area contributed by atoms with Crippen LogP contribution < -0.4 is 4.74 Å². The van der Waals surface area contributed by atoms with Gasteiger partial charge in [-0.15, -0.1) is 0 Å². The Hall–Kier alpha value is -1.85. The van der Waals surface area contributed by atoms with E-state index < -0.39 is 0 Å². The van der Waals surface area contributed by atoms with Crippen molar-refractivity contribution in [2.45, 2.75) is 53.6 Å². The number of hydrogen-bond donors (Lipinski definition) is 2. The number of nitrogens with one attached hydrogen (secondary N) is 1. The molecule has 0 aliphatic rings. The smallest absolute Gasteiger partial charge is 0.123 e. The summed E-state index contributed by atoms with van der Waals surface area (Å²) in [6.45, 7) is 13.4. The van der Waals surface area contributed by atoms with Gasteiger partial charge in [0.05, 0.1) is 13.2 Å². The fourth-order valence-electron chi connectivity index (χ4n) is 3.04. The monoisotopic (exact) mass is 345 g/mol. The first kappa shape index (κ1) is 19.5. The molecule has 0 spiro atoms. The highest BCUT2D eigenvalue weighted by Crippen LogP contribution is 2.30. The predicted octanol–water partition coefficient (Wildman–Crippen LogP) is 3.54. The lowest BCUT2D eigenvalue weighted by molar-refractivity contribution is 0.182. The Morgan fingerprint density at radius 3 is 2.56 bits per heavy atom. The van der Waals surface area contributed by atoms with Gasteiger partial charge in [0, 0.05) is 31.5 Å². The molecule has 5 heteroatoms. The van der Waals surface area contributed by atoms with E-state index in [4.69, 9.17) is 4.74 Å². The molecule has 1 aromatic heterocycles. The minimum absolute atomic E-state index is 0.139. The van der Waals surface area contributed by atoms with Crippen molar-refractivity contribution < 1.29 is 9.84 Å². The second-order valence-corrected chi connectivity index (χ2v) is 6.83. The van der Waals surface area contributed by atoms with Crippen molar-refractivity contribution in [1.29, 1.82) is 0 Å². The number of imidazole rings is 1. The standard InChI is InChI=1S/C20H31N3O2/c1-6-25-20-9-15(4)17(10-19(20)14(2)3)12-23(7-8-24)13-18-11-21-16(5)22-18/h9-11,14,24H,6-8,12-13H2,1-5H3,(H,21,22). The van der Waals surface area contributed by atoms with Crippen molar-refractivity contribution in [2.24, 2.45) is 0 Å². The van der Waals surface area contributed by atoms with Crippen LogP contribution >= 0.6 is 0 Å². The number of ether oxygens (including phenoxy) is 1. The van der Waals surface area contributed by atoms with Gasteiger partial charge >= 0.3 is 0 Å². The molecule has 2 aromatic rings. The summed E-state index contributed by atoms with van der Waals surface area (Å²) in [4.78, 5) is 9.76. The molecule has 0 aliphatic carbocycles. The molecule has 0 saturated heterocycles. The van der Waals surface area contributed by atoms with Crippen molar-refractivity contribution in [2.75, 3.05) is 19.8 Å². The molecule has 138 valence electrons. The lowest BCUT2D eigenvalue weighted by atomic mass is 9.96. The summed E-state index contributed by atoms with van der Waals surface area (Å²) in [7, 11) is 0. The Bertz CT molecular complexity index is 680. The van der Waals surface area contributed by atoms with Crippen molar-refractivity contribution in [1.82, 2.24) is 14.9 Å². The van der Waals surface area contributed by atoms with Gasteiger partial charge in [0.2, 0.25) is 0 Å². The van der Waals surface area contributed by atoms with Gasteiger partial charge in [0.1, 0.15) is 11.6 Å². The van der Waals surface area contributed by atoms with Crippen molar-refractivity contribution in [3.63, 3.8) is 0 Å². The maximum absolute atomic E-state index is 9.44. The quantitative estimate of drug-likeness (QED) is 0.730. The molecule has 2 rings (SSSR count). The molecular formula is C20H31N3O2. The van der Waals surface area contributed by atoms with Crippen LogP contribution in [0.5, 0.6) is 5.75 Å². The van der Waals surface area contributed by atoms with Crippen LogP contribution in [0, 0.1) is 13.8 Å². The molecule has 0 unspecified atom stereocenters. The van der Waals surface area contributed by atoms with E-state index in [1.54, 1.807) is 0 Å². The zero-order valence-electron chi connectivity index (χ0n) is 16.1. The van der Waals surface area contributed by atoms with Crippen LogP contribution in [-0.2, 0) is 13.1 Å². The Morgan fingerprint density at radius 2 is 2.00 bits per heavy atom. The van der Waals surface area contributed by atoms with Gasteiger partial charge in [-0.3, -0.25) is 4.90 Å². The number of aliphatic hydroxyl groups is 1. The number of aryl methyl sites for hydroxylation is 2. The van der Waals surface area contributed by atoms with Crippen LogP contribution in [0.1, 0.15) is 54.9 Å². The number of H-pyrrole nitrogens is 1. The van der Waals surface area contributed by atoms with Gasteiger partial charge < -0.3 is 14.8 Å². The van der Waals surface area contributed by atoms with E-state index in [1.807, 2.05) is 20.0 Å². The first-order valence-electron chi connectivity index (χ1n) is 9.04. The summed E-state index contributed by atoms with van der Waals surface area (Å²) in [5.74, 6) is 2.30. The number of aromatic amines is 1. The maximum Gasteiger partial charge on any atom is 0.123 e. The third-order valence-electron chi connectivity index (χ3n) is 4.35. The normalized spacial score (nSPS) is 11.5. The number of aliphatic hydroxyl groups excluding tert-OH is 1. The molecule has 5 nitrogen and oxygen atoms in total. The lowest BCUT2D eigenvalue weighted by Crippen LogP contribution is -2.26. The van der Waals surface area contributed by atoms with E-state index in [1.165, 1.54) is 16.7 Å². The second-order valence-electron chi connectivity index (χ2n) is 6.83. The molecule has 2 N–H and O–H groups in total. The van der Waals surface area contributed by atoms with E-state index in [9.17, 15) is 5.11 Å². The van der Waals surface area contributed by atoms with E-state index in [2.05, 4.69) is 47.8 Å². The Balaban J connectivity index is 2.23. The molecule has 0 bridgehead atoms. The topological polar surface area (TPSA) is 61.4 Å². The van der Waals surface area contributed by atoms with Gasteiger partial charge in [-0.05, 0) is 49.4 Å². The molecule has 0 radical (unpaired) electrons. The van der Waals surface area contributed by atoms with E-state index in [-0.39, 0.29) is 6.61 Å². The van der Waals surface area contributed by atoms with Gasteiger partial charge in [-0.2, -0.15) is 0 Å². The minimum atomic E-state index is 0.139. The number of nitrogens with zero attached hydrogens (tertiary/aromatic N) is 2. The maximum atomic E-state index is 9.44. The Kier molecular flexibility index (Phi) is 7.02. The summed E-state index contributed by atoms with van der Waals surface area (Å²) >= 11 is 0. The fraction of sp³-hybridized carbons (Fsp3) is 0.550. The molecule has 1 aromatic carbocycles. The largest absolute Gasteiger partial charge is 0.494 e. The Morgan fingerprint density at radius 1 is 1.24 bits per heavy atom. The molecule has 0 amide bonds. The number of hydrogen-bond acceptors (Lipinski definition) is 4. The van der Waals surface area contributed by atoms with E-state index >= 15 is 0 Å². The summed E-state index contributed by atoms with van der Waals surface area (Å²) in [6, 6.07) is 4.40. The van der Waals surface area contributed by atoms with Crippen LogP contribution in [0.25, 0.3) is 0 Å². The minimum Gasteiger partial charge on any atom is -0.494 e. The third kappa shape index (κ3) is 5.31. The molecule has 25 heavy (non-hydrogen) atoms. The van der Waals surface area contributed by atoms with Crippen LogP contribution in [0.2, 0.25) is 0 Å².